The quantitative estimate of drug-likeness (QED) is 0.671. The molecule has 0 bridgehead atoms. The molecule has 7 heteroatoms. The van der Waals surface area contributed by atoms with Crippen LogP contribution in [0.5, 0.6) is 0 Å². The van der Waals surface area contributed by atoms with Crippen molar-refractivity contribution in [2.75, 3.05) is 26.3 Å². The van der Waals surface area contributed by atoms with E-state index in [4.69, 9.17) is 4.74 Å². The molecule has 0 radical (unpaired) electrons. The molecular weight excluding hydrogens is 268 g/mol. The largest absolute Gasteiger partial charge is 0.379 e. The zero-order valence-electron chi connectivity index (χ0n) is 10.1. The number of fused-ring (bicyclic) bond motifs is 1. The summed E-state index contributed by atoms with van der Waals surface area (Å²) in [4.78, 5) is 15.1. The molecule has 6 nitrogen and oxygen atoms in total. The molecule has 0 atom stereocenters. The molecule has 1 amide bonds. The van der Waals surface area contributed by atoms with Gasteiger partial charge in [-0.25, -0.2) is 13.4 Å². The minimum absolute atomic E-state index is 0.189. The van der Waals surface area contributed by atoms with E-state index in [9.17, 15) is 13.2 Å². The average molecular weight is 280 g/mol. The van der Waals surface area contributed by atoms with E-state index in [0.717, 1.165) is 0 Å². The molecule has 1 fully saturated rings. The number of rotatable bonds is 2. The van der Waals surface area contributed by atoms with Crippen LogP contribution in [0.4, 0.5) is 0 Å². The predicted octanol–water partition coefficient (Wildman–Crippen LogP) is -1.35. The van der Waals surface area contributed by atoms with Gasteiger partial charge in [0.25, 0.3) is 5.91 Å². The molecular formula is C12H12N2O4S. The van der Waals surface area contributed by atoms with E-state index in [-0.39, 0.29) is 10.8 Å². The summed E-state index contributed by atoms with van der Waals surface area (Å²) in [6.07, 6.45) is 1.34. The molecule has 0 aliphatic carbocycles. The van der Waals surface area contributed by atoms with Crippen molar-refractivity contribution in [2.24, 2.45) is 4.99 Å². The molecule has 3 rings (SSSR count). The first-order valence-corrected chi connectivity index (χ1v) is 7.34. The van der Waals surface area contributed by atoms with Gasteiger partial charge in [0.05, 0.1) is 23.5 Å². The van der Waals surface area contributed by atoms with E-state index in [0.29, 0.717) is 36.9 Å². The first kappa shape index (κ1) is 12.5. The highest BCUT2D eigenvalue weighted by Crippen LogP contribution is 2.14. The van der Waals surface area contributed by atoms with Gasteiger partial charge in [0.1, 0.15) is 0 Å². The number of sulfonamides is 1. The zero-order valence-corrected chi connectivity index (χ0v) is 10.9. The molecule has 0 aromatic heterocycles. The first-order chi connectivity index (χ1) is 9.07. The lowest BCUT2D eigenvalue weighted by Gasteiger charge is -2.25. The zero-order chi connectivity index (χ0) is 13.5. The van der Waals surface area contributed by atoms with Crippen LogP contribution in [0, 0.1) is 0 Å². The van der Waals surface area contributed by atoms with E-state index in [1.54, 1.807) is 6.07 Å². The van der Waals surface area contributed by atoms with Crippen molar-refractivity contribution >= 4 is 22.0 Å². The maximum atomic E-state index is 12.4. The number of benzene rings is 1. The smallest absolute Gasteiger partial charge is 0.270 e. The highest BCUT2D eigenvalue weighted by molar-refractivity contribution is 7.89. The van der Waals surface area contributed by atoms with Gasteiger partial charge in [0, 0.05) is 24.4 Å². The Morgan fingerprint density at radius 3 is 2.68 bits per heavy atom. The summed E-state index contributed by atoms with van der Waals surface area (Å²) < 4.78 is 31.4. The molecule has 2 aliphatic rings. The SMILES string of the molecule is O=C1C=c2cc(S(=O)(=O)N3CCOCC3)ccc2=N1. The fraction of sp³-hybridized carbons (Fsp3) is 0.333. The second-order valence-corrected chi connectivity index (χ2v) is 6.27. The van der Waals surface area contributed by atoms with Crippen molar-refractivity contribution in [3.05, 3.63) is 28.8 Å². The molecule has 2 heterocycles. The lowest BCUT2D eigenvalue weighted by molar-refractivity contribution is -0.112. The normalized spacial score (nSPS) is 19.7. The molecule has 0 spiro atoms. The van der Waals surface area contributed by atoms with E-state index >= 15 is 0 Å². The molecule has 2 aliphatic heterocycles. The molecule has 1 aromatic rings. The second-order valence-electron chi connectivity index (χ2n) is 4.33. The van der Waals surface area contributed by atoms with Crippen LogP contribution < -0.4 is 10.6 Å². The van der Waals surface area contributed by atoms with Crippen molar-refractivity contribution in [2.45, 2.75) is 4.90 Å². The summed E-state index contributed by atoms with van der Waals surface area (Å²) in [6.45, 7) is 1.52. The number of carbonyl (C=O) groups is 1. The summed E-state index contributed by atoms with van der Waals surface area (Å²) in [7, 11) is -3.52. The van der Waals surface area contributed by atoms with E-state index in [1.807, 2.05) is 0 Å². The Bertz CT molecular complexity index is 748. The monoisotopic (exact) mass is 280 g/mol. The Morgan fingerprint density at radius 1 is 1.21 bits per heavy atom. The van der Waals surface area contributed by atoms with Gasteiger partial charge in [-0.05, 0) is 18.2 Å². The number of nitrogens with zero attached hydrogens (tertiary/aromatic N) is 2. The first-order valence-electron chi connectivity index (χ1n) is 5.90. The minimum Gasteiger partial charge on any atom is -0.379 e. The topological polar surface area (TPSA) is 76.0 Å². The van der Waals surface area contributed by atoms with Gasteiger partial charge in [-0.15, -0.1) is 0 Å². The fourth-order valence-corrected chi connectivity index (χ4v) is 3.57. The van der Waals surface area contributed by atoms with Crippen LogP contribution in [-0.2, 0) is 19.6 Å². The molecule has 19 heavy (non-hydrogen) atoms. The van der Waals surface area contributed by atoms with Crippen LogP contribution in [0.2, 0.25) is 0 Å². The fourth-order valence-electron chi connectivity index (χ4n) is 2.13. The van der Waals surface area contributed by atoms with Gasteiger partial charge < -0.3 is 4.74 Å². The van der Waals surface area contributed by atoms with Gasteiger partial charge in [0.15, 0.2) is 0 Å². The highest BCUT2D eigenvalue weighted by atomic mass is 32.2. The van der Waals surface area contributed by atoms with Crippen LogP contribution in [0.25, 0.3) is 6.08 Å². The van der Waals surface area contributed by atoms with E-state index in [2.05, 4.69) is 4.99 Å². The number of ether oxygens (including phenoxy) is 1. The lowest BCUT2D eigenvalue weighted by atomic mass is 10.3. The van der Waals surface area contributed by atoms with Gasteiger partial charge >= 0.3 is 0 Å². The van der Waals surface area contributed by atoms with Crippen LogP contribution in [0.1, 0.15) is 0 Å². The maximum Gasteiger partial charge on any atom is 0.270 e. The lowest BCUT2D eigenvalue weighted by Crippen LogP contribution is -2.41. The summed E-state index contributed by atoms with van der Waals surface area (Å²) in [6, 6.07) is 4.54. The Labute approximate surface area is 110 Å². The number of hydrogen-bond donors (Lipinski definition) is 0. The third-order valence-corrected chi connectivity index (χ3v) is 5.01. The van der Waals surface area contributed by atoms with Crippen molar-refractivity contribution < 1.29 is 17.9 Å². The number of morpholine rings is 1. The average Bonchev–Trinajstić information content (AvgIpc) is 2.78. The summed E-state index contributed by atoms with van der Waals surface area (Å²) >= 11 is 0. The van der Waals surface area contributed by atoms with E-state index < -0.39 is 10.0 Å². The number of amides is 1. The molecule has 100 valence electrons. The molecule has 1 aromatic carbocycles. The van der Waals surface area contributed by atoms with Crippen LogP contribution in [0.3, 0.4) is 0 Å². The molecule has 0 N–H and O–H groups in total. The molecule has 1 saturated heterocycles. The van der Waals surface area contributed by atoms with Gasteiger partial charge in [-0.1, -0.05) is 0 Å². The Balaban J connectivity index is 2.04. The summed E-state index contributed by atoms with van der Waals surface area (Å²) in [5.74, 6) is -0.351. The van der Waals surface area contributed by atoms with Crippen molar-refractivity contribution in [1.29, 1.82) is 0 Å². The standard InChI is InChI=1S/C12H12N2O4S/c15-12-8-9-7-10(1-2-11(9)13-12)19(16,17)14-3-5-18-6-4-14/h1-2,7-8H,3-6H2. The molecule has 0 saturated carbocycles. The number of hydrogen-bond acceptors (Lipinski definition) is 4. The van der Waals surface area contributed by atoms with Crippen LogP contribution >= 0.6 is 0 Å². The third-order valence-electron chi connectivity index (χ3n) is 3.12. The highest BCUT2D eigenvalue weighted by Gasteiger charge is 2.26. The predicted molar refractivity (Wildman–Crippen MR) is 66.3 cm³/mol. The minimum atomic E-state index is -3.52. The van der Waals surface area contributed by atoms with Crippen LogP contribution in [-0.4, -0.2) is 44.9 Å². The van der Waals surface area contributed by atoms with Gasteiger partial charge in [0.2, 0.25) is 10.0 Å². The molecule has 0 unspecified atom stereocenters. The third kappa shape index (κ3) is 2.20. The summed E-state index contributed by atoms with van der Waals surface area (Å²) in [5, 5.41) is 1.07. The van der Waals surface area contributed by atoms with Crippen molar-refractivity contribution in [1.82, 2.24) is 4.31 Å². The Morgan fingerprint density at radius 2 is 1.95 bits per heavy atom. The van der Waals surface area contributed by atoms with Gasteiger partial charge in [-0.2, -0.15) is 4.31 Å². The van der Waals surface area contributed by atoms with Crippen molar-refractivity contribution in [3.63, 3.8) is 0 Å². The van der Waals surface area contributed by atoms with Crippen molar-refractivity contribution in [3.8, 4) is 0 Å². The van der Waals surface area contributed by atoms with Crippen LogP contribution in [0.15, 0.2) is 28.1 Å². The Kier molecular flexibility index (Phi) is 2.96. The van der Waals surface area contributed by atoms with Gasteiger partial charge in [-0.3, -0.25) is 4.79 Å². The second kappa shape index (κ2) is 4.52. The maximum absolute atomic E-state index is 12.4. The van der Waals surface area contributed by atoms with E-state index in [1.165, 1.54) is 22.5 Å². The Hall–Kier alpha value is -1.57. The number of carbonyl (C=O) groups excluding carboxylic acids is 1. The summed E-state index contributed by atoms with van der Waals surface area (Å²) in [5.41, 5.74) is 0.